The maximum Gasteiger partial charge on any atom is 0.415 e. The van der Waals surface area contributed by atoms with Crippen molar-refractivity contribution in [3.8, 4) is 0 Å². The first-order chi connectivity index (χ1) is 12.1. The monoisotopic (exact) mass is 366 g/mol. The van der Waals surface area contributed by atoms with E-state index in [0.717, 1.165) is 31.8 Å². The first-order valence-electron chi connectivity index (χ1n) is 8.64. The normalized spacial score (nSPS) is 15.8. The Morgan fingerprint density at radius 2 is 1.73 bits per heavy atom. The third-order valence-corrected chi connectivity index (χ3v) is 4.74. The quantitative estimate of drug-likeness (QED) is 0.704. The molecule has 1 aliphatic rings. The summed E-state index contributed by atoms with van der Waals surface area (Å²) in [5, 5.41) is 0. The van der Waals surface area contributed by atoms with Gasteiger partial charge in [-0.05, 0) is 36.6 Å². The van der Waals surface area contributed by atoms with Crippen molar-refractivity contribution in [2.45, 2.75) is 37.9 Å². The molecule has 2 rings (SSSR count). The van der Waals surface area contributed by atoms with Crippen LogP contribution in [-0.2, 0) is 0 Å². The van der Waals surface area contributed by atoms with Crippen molar-refractivity contribution in [3.63, 3.8) is 0 Å². The Morgan fingerprint density at radius 3 is 2.27 bits per heavy atom. The Hall–Kier alpha value is -2.24. The molecule has 6 heteroatoms. The zero-order valence-corrected chi connectivity index (χ0v) is 15.4. The van der Waals surface area contributed by atoms with Gasteiger partial charge in [-0.15, -0.1) is 0 Å². The lowest BCUT2D eigenvalue weighted by molar-refractivity contribution is -0.0878. The molecule has 0 aromatic heterocycles. The molecule has 1 aromatic rings. The Bertz CT molecular complexity index is 701. The summed E-state index contributed by atoms with van der Waals surface area (Å²) in [7, 11) is 5.09. The van der Waals surface area contributed by atoms with E-state index in [1.807, 2.05) is 11.9 Å². The van der Waals surface area contributed by atoms with E-state index in [2.05, 4.69) is 6.58 Å². The summed E-state index contributed by atoms with van der Waals surface area (Å²) in [6, 6.07) is 6.92. The van der Waals surface area contributed by atoms with Gasteiger partial charge in [-0.2, -0.15) is 13.2 Å². The second-order valence-electron chi connectivity index (χ2n) is 6.88. The lowest BCUT2D eigenvalue weighted by Gasteiger charge is -2.30. The van der Waals surface area contributed by atoms with E-state index in [9.17, 15) is 18.0 Å². The van der Waals surface area contributed by atoms with Crippen molar-refractivity contribution < 1.29 is 18.0 Å². The van der Waals surface area contributed by atoms with E-state index in [-0.39, 0.29) is 11.9 Å². The van der Waals surface area contributed by atoms with Crippen molar-refractivity contribution in [2.75, 3.05) is 21.1 Å². The molecule has 1 aromatic carbocycles. The number of allylic oxidation sites excluding steroid dienone is 2. The Kier molecular flexibility index (Phi) is 6.16. The minimum absolute atomic E-state index is 0.190. The fraction of sp³-hybridized carbons (Fsp3) is 0.450. The standard InChI is InChI=1S/C20H25F3N2O/c1-14(20(21,22)23)12-18(25(4)17-10-5-6-11-17)15-8-7-9-16(13-15)19(26)24(2)3/h7-9,12-13,17H,1,5-6,10-11H2,2-4H3/b18-12-. The second-order valence-corrected chi connectivity index (χ2v) is 6.88. The van der Waals surface area contributed by atoms with Gasteiger partial charge in [-0.1, -0.05) is 31.6 Å². The first-order valence-corrected chi connectivity index (χ1v) is 8.64. The van der Waals surface area contributed by atoms with Crippen molar-refractivity contribution in [1.82, 2.24) is 9.80 Å². The van der Waals surface area contributed by atoms with Crippen molar-refractivity contribution in [1.29, 1.82) is 0 Å². The van der Waals surface area contributed by atoms with E-state index in [0.29, 0.717) is 16.8 Å². The Morgan fingerprint density at radius 1 is 1.15 bits per heavy atom. The summed E-state index contributed by atoms with van der Waals surface area (Å²) in [4.78, 5) is 15.6. The van der Waals surface area contributed by atoms with Gasteiger partial charge in [0, 0.05) is 38.4 Å². The number of carbonyl (C=O) groups is 1. The minimum atomic E-state index is -4.49. The molecule has 0 unspecified atom stereocenters. The maximum absolute atomic E-state index is 13.1. The minimum Gasteiger partial charge on any atom is -0.371 e. The lowest BCUT2D eigenvalue weighted by atomic mass is 10.0. The highest BCUT2D eigenvalue weighted by atomic mass is 19.4. The maximum atomic E-state index is 13.1. The zero-order valence-electron chi connectivity index (χ0n) is 15.4. The molecule has 1 amide bonds. The average molecular weight is 366 g/mol. The number of hydrogen-bond donors (Lipinski definition) is 0. The van der Waals surface area contributed by atoms with Crippen molar-refractivity contribution in [2.24, 2.45) is 0 Å². The summed E-state index contributed by atoms with van der Waals surface area (Å²) in [6.07, 6.45) is 0.630. The van der Waals surface area contributed by atoms with Gasteiger partial charge in [-0.3, -0.25) is 4.79 Å². The van der Waals surface area contributed by atoms with E-state index < -0.39 is 11.7 Å². The number of carbonyl (C=O) groups excluding carboxylic acids is 1. The molecule has 0 heterocycles. The predicted molar refractivity (Wildman–Crippen MR) is 97.7 cm³/mol. The predicted octanol–water partition coefficient (Wildman–Crippen LogP) is 4.72. The van der Waals surface area contributed by atoms with Gasteiger partial charge in [0.25, 0.3) is 5.91 Å². The molecular formula is C20H25F3N2O. The third kappa shape index (κ3) is 4.68. The van der Waals surface area contributed by atoms with Crippen LogP contribution in [0.4, 0.5) is 13.2 Å². The third-order valence-electron chi connectivity index (χ3n) is 4.74. The number of benzene rings is 1. The van der Waals surface area contributed by atoms with Gasteiger partial charge in [0.2, 0.25) is 0 Å². The summed E-state index contributed by atoms with van der Waals surface area (Å²) < 4.78 is 39.2. The second kappa shape index (κ2) is 7.98. The summed E-state index contributed by atoms with van der Waals surface area (Å²) in [5.41, 5.74) is 0.558. The van der Waals surface area contributed by atoms with Crippen LogP contribution in [-0.4, -0.2) is 49.1 Å². The molecule has 0 saturated heterocycles. The summed E-state index contributed by atoms with van der Waals surface area (Å²) in [5.74, 6) is -0.190. The molecular weight excluding hydrogens is 341 g/mol. The zero-order chi connectivity index (χ0) is 19.5. The number of halogens is 3. The van der Waals surface area contributed by atoms with Crippen LogP contribution in [0.3, 0.4) is 0 Å². The first kappa shape index (κ1) is 20.1. The van der Waals surface area contributed by atoms with Gasteiger partial charge in [0.05, 0.1) is 5.57 Å². The molecule has 1 fully saturated rings. The molecule has 1 aliphatic carbocycles. The highest BCUT2D eigenvalue weighted by molar-refractivity contribution is 5.94. The molecule has 0 spiro atoms. The summed E-state index contributed by atoms with van der Waals surface area (Å²) in [6.45, 7) is 3.18. The fourth-order valence-corrected chi connectivity index (χ4v) is 3.19. The largest absolute Gasteiger partial charge is 0.415 e. The van der Waals surface area contributed by atoms with E-state index >= 15 is 0 Å². The van der Waals surface area contributed by atoms with Crippen LogP contribution in [0, 0.1) is 0 Å². The Balaban J connectivity index is 2.46. The number of hydrogen-bond acceptors (Lipinski definition) is 2. The van der Waals surface area contributed by atoms with Crippen LogP contribution in [0.25, 0.3) is 5.70 Å². The fourth-order valence-electron chi connectivity index (χ4n) is 3.19. The summed E-state index contributed by atoms with van der Waals surface area (Å²) >= 11 is 0. The van der Waals surface area contributed by atoms with Crippen LogP contribution >= 0.6 is 0 Å². The van der Waals surface area contributed by atoms with E-state index in [1.165, 1.54) is 4.90 Å². The molecule has 3 nitrogen and oxygen atoms in total. The SMILES string of the molecule is C=C(/C=C(/c1cccc(C(=O)N(C)C)c1)N(C)C1CCCC1)C(F)(F)F. The van der Waals surface area contributed by atoms with Gasteiger partial charge in [0.1, 0.15) is 0 Å². The molecule has 0 bridgehead atoms. The number of alkyl halides is 3. The van der Waals surface area contributed by atoms with Crippen molar-refractivity contribution >= 4 is 11.6 Å². The smallest absolute Gasteiger partial charge is 0.371 e. The average Bonchev–Trinajstić information content (AvgIpc) is 3.11. The number of rotatable bonds is 5. The molecule has 0 N–H and O–H groups in total. The van der Waals surface area contributed by atoms with Gasteiger partial charge in [0.15, 0.2) is 0 Å². The number of nitrogens with zero attached hydrogens (tertiary/aromatic N) is 2. The molecule has 142 valence electrons. The molecule has 0 aliphatic heterocycles. The van der Waals surface area contributed by atoms with Crippen LogP contribution in [0.5, 0.6) is 0 Å². The Labute approximate surface area is 152 Å². The van der Waals surface area contributed by atoms with Gasteiger partial charge in [-0.25, -0.2) is 0 Å². The van der Waals surface area contributed by atoms with E-state index in [1.54, 1.807) is 38.4 Å². The molecule has 26 heavy (non-hydrogen) atoms. The van der Waals surface area contributed by atoms with Crippen LogP contribution < -0.4 is 0 Å². The highest BCUT2D eigenvalue weighted by Gasteiger charge is 2.32. The topological polar surface area (TPSA) is 23.6 Å². The molecule has 0 radical (unpaired) electrons. The van der Waals surface area contributed by atoms with Crippen LogP contribution in [0.1, 0.15) is 41.6 Å². The molecule has 0 atom stereocenters. The van der Waals surface area contributed by atoms with Crippen molar-refractivity contribution in [3.05, 3.63) is 53.6 Å². The van der Waals surface area contributed by atoms with Crippen LogP contribution in [0.15, 0.2) is 42.5 Å². The van der Waals surface area contributed by atoms with E-state index in [4.69, 9.17) is 0 Å². The van der Waals surface area contributed by atoms with Gasteiger partial charge >= 0.3 is 6.18 Å². The lowest BCUT2D eigenvalue weighted by Crippen LogP contribution is -2.28. The van der Waals surface area contributed by atoms with Crippen LogP contribution in [0.2, 0.25) is 0 Å². The highest BCUT2D eigenvalue weighted by Crippen LogP contribution is 2.33. The number of amides is 1. The molecule has 1 saturated carbocycles. The van der Waals surface area contributed by atoms with Gasteiger partial charge < -0.3 is 9.80 Å².